The zero-order chi connectivity index (χ0) is 33.1. The van der Waals surface area contributed by atoms with Gasteiger partial charge in [0.15, 0.2) is 0 Å². The van der Waals surface area contributed by atoms with Crippen LogP contribution in [0.4, 0.5) is 0 Å². The highest BCUT2D eigenvalue weighted by molar-refractivity contribution is 7.88. The molecular weight excluding hydrogens is 601 g/mol. The molecule has 0 fully saturated rings. The summed E-state index contributed by atoms with van der Waals surface area (Å²) in [6.07, 6.45) is 20.7. The summed E-state index contributed by atoms with van der Waals surface area (Å²) in [7, 11) is -8.31. The average molecular weight is 667 g/mol. The molecular formula is C34H66O8S2. The maximum absolute atomic E-state index is 13.0. The maximum atomic E-state index is 13.0. The summed E-state index contributed by atoms with van der Waals surface area (Å²) < 4.78 is 61.7. The first kappa shape index (κ1) is 42.8. The third-order valence-corrected chi connectivity index (χ3v) is 11.7. The quantitative estimate of drug-likeness (QED) is 0.0530. The summed E-state index contributed by atoms with van der Waals surface area (Å²) in [6, 6.07) is 0. The van der Waals surface area contributed by atoms with Crippen LogP contribution in [-0.4, -0.2) is 39.3 Å². The van der Waals surface area contributed by atoms with Crippen LogP contribution in [0.5, 0.6) is 0 Å². The minimum absolute atomic E-state index is 0.428. The van der Waals surface area contributed by atoms with E-state index in [4.69, 9.17) is 8.37 Å². The number of carbonyl (C=O) groups excluding carboxylic acids is 2. The molecule has 0 aromatic heterocycles. The molecule has 0 saturated carbocycles. The van der Waals surface area contributed by atoms with Gasteiger partial charge in [-0.1, -0.05) is 156 Å². The first-order valence-corrected chi connectivity index (χ1v) is 20.9. The molecule has 8 nitrogen and oxygen atoms in total. The van der Waals surface area contributed by atoms with E-state index in [0.29, 0.717) is 25.7 Å². The highest BCUT2D eigenvalue weighted by atomic mass is 32.2. The van der Waals surface area contributed by atoms with Gasteiger partial charge < -0.3 is 8.37 Å². The molecule has 262 valence electrons. The van der Waals surface area contributed by atoms with Crippen molar-refractivity contribution in [1.82, 2.24) is 0 Å². The van der Waals surface area contributed by atoms with E-state index in [2.05, 4.69) is 13.8 Å². The predicted octanol–water partition coefficient (Wildman–Crippen LogP) is 9.69. The Bertz CT molecular complexity index is 855. The van der Waals surface area contributed by atoms with Crippen molar-refractivity contribution in [2.75, 3.05) is 0 Å². The van der Waals surface area contributed by atoms with Crippen LogP contribution in [0.2, 0.25) is 0 Å². The Kier molecular flexibility index (Phi) is 26.3. The van der Waals surface area contributed by atoms with Crippen molar-refractivity contribution in [2.45, 2.75) is 205 Å². The van der Waals surface area contributed by atoms with Crippen LogP contribution in [0, 0.1) is 0 Å². The summed E-state index contributed by atoms with van der Waals surface area (Å²) >= 11 is 0. The Morgan fingerprint density at radius 3 is 0.932 bits per heavy atom. The lowest BCUT2D eigenvalue weighted by Gasteiger charge is -2.18. The molecule has 10 heteroatoms. The predicted molar refractivity (Wildman–Crippen MR) is 180 cm³/mol. The van der Waals surface area contributed by atoms with Gasteiger partial charge in [0.1, 0.15) is 0 Å². The molecule has 0 aromatic carbocycles. The third kappa shape index (κ3) is 22.4. The van der Waals surface area contributed by atoms with Gasteiger partial charge in [-0.25, -0.2) is 0 Å². The fourth-order valence-electron chi connectivity index (χ4n) is 5.45. The first-order chi connectivity index (χ1) is 21.0. The van der Waals surface area contributed by atoms with Crippen LogP contribution in [0.25, 0.3) is 0 Å². The van der Waals surface area contributed by atoms with E-state index < -0.39 is 55.5 Å². The van der Waals surface area contributed by atoms with Gasteiger partial charge in [0.2, 0.25) is 0 Å². The second kappa shape index (κ2) is 27.0. The highest BCUT2D eigenvalue weighted by Gasteiger charge is 2.31. The highest BCUT2D eigenvalue weighted by Crippen LogP contribution is 2.23. The Morgan fingerprint density at radius 1 is 0.409 bits per heavy atom. The summed E-state index contributed by atoms with van der Waals surface area (Å²) in [5.41, 5.74) is 0. The Morgan fingerprint density at radius 2 is 0.636 bits per heavy atom. The molecule has 2 unspecified atom stereocenters. The third-order valence-electron chi connectivity index (χ3n) is 8.29. The lowest BCUT2D eigenvalue weighted by atomic mass is 10.0. The molecule has 0 aliphatic heterocycles. The molecule has 0 saturated heterocycles. The van der Waals surface area contributed by atoms with Crippen molar-refractivity contribution in [2.24, 2.45) is 0 Å². The number of hydrogen-bond donors (Lipinski definition) is 0. The second-order valence-electron chi connectivity index (χ2n) is 12.5. The molecule has 44 heavy (non-hydrogen) atoms. The van der Waals surface area contributed by atoms with Gasteiger partial charge in [-0.15, -0.1) is 0 Å². The van der Waals surface area contributed by atoms with Crippen molar-refractivity contribution in [3.05, 3.63) is 0 Å². The van der Waals surface area contributed by atoms with Gasteiger partial charge >= 0.3 is 32.2 Å². The molecule has 0 heterocycles. The smallest absolute Gasteiger partial charge is 0.322 e. The Labute approximate surface area is 271 Å². The van der Waals surface area contributed by atoms with E-state index in [9.17, 15) is 26.4 Å². The molecule has 0 N–H and O–H groups in total. The second-order valence-corrected chi connectivity index (χ2v) is 16.1. The monoisotopic (exact) mass is 666 g/mol. The molecule has 0 bridgehead atoms. The van der Waals surface area contributed by atoms with Crippen LogP contribution in [-0.2, 0) is 38.2 Å². The van der Waals surface area contributed by atoms with E-state index in [0.717, 1.165) is 89.9 Å². The van der Waals surface area contributed by atoms with Gasteiger partial charge in [0.05, 0.1) is 23.3 Å². The van der Waals surface area contributed by atoms with Gasteiger partial charge in [-0.3, -0.25) is 9.59 Å². The lowest BCUT2D eigenvalue weighted by Crippen LogP contribution is -2.28. The van der Waals surface area contributed by atoms with Crippen molar-refractivity contribution in [3.8, 4) is 0 Å². The number of unbranched alkanes of at least 4 members (excludes halogenated alkanes) is 16. The van der Waals surface area contributed by atoms with Crippen LogP contribution in [0.1, 0.15) is 195 Å². The van der Waals surface area contributed by atoms with Gasteiger partial charge in [0.25, 0.3) is 0 Å². The molecule has 2 atom stereocenters. The normalized spacial score (nSPS) is 13.5. The SMILES string of the molecule is CCCCCCCCCC(CCCCC)S(=O)(=O)OC(=O)CCC(=O)OS(=O)(=O)C(CCCCC)CCCCCCCCC. The average Bonchev–Trinajstić information content (AvgIpc) is 2.96. The maximum Gasteiger partial charge on any atom is 0.322 e. The summed E-state index contributed by atoms with van der Waals surface area (Å²) in [4.78, 5) is 24.9. The van der Waals surface area contributed by atoms with E-state index in [1.165, 1.54) is 38.5 Å². The molecule has 0 aliphatic carbocycles. The summed E-state index contributed by atoms with van der Waals surface area (Å²) in [5, 5.41) is -1.53. The zero-order valence-corrected chi connectivity index (χ0v) is 30.3. The van der Waals surface area contributed by atoms with Crippen molar-refractivity contribution >= 4 is 32.2 Å². The minimum atomic E-state index is -4.15. The molecule has 0 aliphatic rings. The fourth-order valence-corrected chi connectivity index (χ4v) is 8.23. The number of rotatable bonds is 31. The topological polar surface area (TPSA) is 121 Å². The number of carbonyl (C=O) groups is 2. The molecule has 0 rings (SSSR count). The number of hydrogen-bond acceptors (Lipinski definition) is 8. The minimum Gasteiger partial charge on any atom is -0.345 e. The summed E-state index contributed by atoms with van der Waals surface area (Å²) in [5.74, 6) is -2.11. The molecule has 0 amide bonds. The summed E-state index contributed by atoms with van der Waals surface area (Å²) in [6.45, 7) is 8.42. The fraction of sp³-hybridized carbons (Fsp3) is 0.941. The van der Waals surface area contributed by atoms with Crippen LogP contribution in [0.3, 0.4) is 0 Å². The van der Waals surface area contributed by atoms with Crippen LogP contribution in [0.15, 0.2) is 0 Å². The molecule has 0 spiro atoms. The van der Waals surface area contributed by atoms with E-state index in [-0.39, 0.29) is 0 Å². The Balaban J connectivity index is 4.92. The van der Waals surface area contributed by atoms with Crippen molar-refractivity contribution in [3.63, 3.8) is 0 Å². The molecule has 0 aromatic rings. The van der Waals surface area contributed by atoms with Crippen LogP contribution >= 0.6 is 0 Å². The van der Waals surface area contributed by atoms with Crippen molar-refractivity contribution < 1.29 is 34.8 Å². The van der Waals surface area contributed by atoms with Crippen molar-refractivity contribution in [1.29, 1.82) is 0 Å². The van der Waals surface area contributed by atoms with Gasteiger partial charge in [-0.2, -0.15) is 16.8 Å². The van der Waals surface area contributed by atoms with E-state index >= 15 is 0 Å². The lowest BCUT2D eigenvalue weighted by molar-refractivity contribution is -0.140. The van der Waals surface area contributed by atoms with Crippen LogP contribution < -0.4 is 0 Å². The van der Waals surface area contributed by atoms with E-state index in [1.807, 2.05) is 13.8 Å². The largest absolute Gasteiger partial charge is 0.345 e. The Hall–Kier alpha value is -1.16. The van der Waals surface area contributed by atoms with Gasteiger partial charge in [0, 0.05) is 0 Å². The van der Waals surface area contributed by atoms with Gasteiger partial charge in [-0.05, 0) is 25.7 Å². The van der Waals surface area contributed by atoms with E-state index in [1.54, 1.807) is 0 Å². The first-order valence-electron chi connectivity index (χ1n) is 18.0. The standard InChI is InChI=1S/C34H66O8S2/c1-5-9-13-15-17-19-23-27-31(25-21-11-7-3)43(37,38)41-33(35)29-30-34(36)42-44(39,40)32(26-22-12-8-4)28-24-20-18-16-14-10-6-2/h31-32H,5-30H2,1-4H3. The molecule has 0 radical (unpaired) electrons. The zero-order valence-electron chi connectivity index (χ0n) is 28.6.